The van der Waals surface area contributed by atoms with Crippen molar-refractivity contribution in [2.45, 2.75) is 32.6 Å². The van der Waals surface area contributed by atoms with Crippen molar-refractivity contribution >= 4 is 40.8 Å². The number of rotatable bonds is 5. The number of piperidine rings is 1. The molecule has 0 atom stereocenters. The van der Waals surface area contributed by atoms with E-state index in [1.807, 2.05) is 37.3 Å². The average molecular weight is 437 g/mol. The molecule has 2 aromatic carbocycles. The van der Waals surface area contributed by atoms with Gasteiger partial charge in [-0.05, 0) is 61.1 Å². The lowest BCUT2D eigenvalue weighted by molar-refractivity contribution is -0.114. The Bertz CT molecular complexity index is 1060. The fraction of sp³-hybridized carbons (Fsp3) is 0.304. The minimum atomic E-state index is -0.107. The van der Waals surface area contributed by atoms with Gasteiger partial charge in [-0.1, -0.05) is 29.8 Å². The lowest BCUT2D eigenvalue weighted by Crippen LogP contribution is -2.34. The van der Waals surface area contributed by atoms with Gasteiger partial charge in [0.25, 0.3) is 0 Å². The van der Waals surface area contributed by atoms with Gasteiger partial charge in [0.15, 0.2) is 0 Å². The van der Waals surface area contributed by atoms with Gasteiger partial charge in [-0.3, -0.25) is 4.79 Å². The zero-order valence-electron chi connectivity index (χ0n) is 17.6. The molecule has 1 aliphatic rings. The monoisotopic (exact) mass is 436 g/mol. The van der Waals surface area contributed by atoms with E-state index in [4.69, 9.17) is 11.6 Å². The van der Waals surface area contributed by atoms with E-state index >= 15 is 0 Å². The molecule has 1 saturated heterocycles. The molecule has 1 aromatic heterocycles. The summed E-state index contributed by atoms with van der Waals surface area (Å²) in [5.41, 5.74) is 3.85. The zero-order valence-corrected chi connectivity index (χ0v) is 18.4. The second kappa shape index (κ2) is 9.31. The average Bonchev–Trinajstić information content (AvgIpc) is 2.77. The molecular weight excluding hydrogens is 412 g/mol. The van der Waals surface area contributed by atoms with Crippen LogP contribution in [-0.4, -0.2) is 33.9 Å². The maximum atomic E-state index is 11.4. The van der Waals surface area contributed by atoms with Crippen molar-refractivity contribution in [3.8, 4) is 0 Å². The van der Waals surface area contributed by atoms with Crippen LogP contribution in [0.2, 0.25) is 5.02 Å². The lowest BCUT2D eigenvalue weighted by atomic mass is 9.90. The van der Waals surface area contributed by atoms with Crippen molar-refractivity contribution in [1.29, 1.82) is 0 Å². The summed E-state index contributed by atoms with van der Waals surface area (Å²) in [6, 6.07) is 13.8. The standard InChI is InChI=1S/C23H25ClN6O/c1-15-20(27-16(2)31)4-3-5-21(15)28-22-25-14-26-23(29-22)30-12-10-18(11-13-30)17-6-8-19(24)9-7-17/h3-9,14,18H,10-13H2,1-2H3,(H,27,31)(H,25,26,28,29). The molecule has 1 fully saturated rings. The first-order chi connectivity index (χ1) is 15.0. The largest absolute Gasteiger partial charge is 0.341 e. The quantitative estimate of drug-likeness (QED) is 0.590. The smallest absolute Gasteiger partial charge is 0.232 e. The third kappa shape index (κ3) is 5.11. The molecule has 3 aromatic rings. The highest BCUT2D eigenvalue weighted by atomic mass is 35.5. The Hall–Kier alpha value is -3.19. The normalized spacial score (nSPS) is 14.4. The molecular formula is C23H25ClN6O. The Morgan fingerprint density at radius 3 is 2.48 bits per heavy atom. The molecule has 0 aliphatic carbocycles. The first-order valence-electron chi connectivity index (χ1n) is 10.3. The van der Waals surface area contributed by atoms with Gasteiger partial charge >= 0.3 is 0 Å². The molecule has 160 valence electrons. The van der Waals surface area contributed by atoms with E-state index in [2.05, 4.69) is 42.6 Å². The van der Waals surface area contributed by atoms with Gasteiger partial charge in [0.2, 0.25) is 17.8 Å². The topological polar surface area (TPSA) is 83.0 Å². The highest BCUT2D eigenvalue weighted by molar-refractivity contribution is 6.30. The van der Waals surface area contributed by atoms with Crippen LogP contribution in [0.5, 0.6) is 0 Å². The van der Waals surface area contributed by atoms with E-state index in [9.17, 15) is 4.79 Å². The second-order valence-electron chi connectivity index (χ2n) is 7.71. The predicted octanol–water partition coefficient (Wildman–Crippen LogP) is 4.92. The molecule has 0 radical (unpaired) electrons. The number of amides is 1. The zero-order chi connectivity index (χ0) is 21.8. The number of aromatic nitrogens is 3. The van der Waals surface area contributed by atoms with E-state index < -0.39 is 0 Å². The number of carbonyl (C=O) groups is 1. The van der Waals surface area contributed by atoms with Crippen molar-refractivity contribution in [3.63, 3.8) is 0 Å². The van der Waals surface area contributed by atoms with Gasteiger partial charge in [0.05, 0.1) is 0 Å². The third-order valence-corrected chi connectivity index (χ3v) is 5.82. The van der Waals surface area contributed by atoms with Crippen molar-refractivity contribution in [2.75, 3.05) is 28.6 Å². The van der Waals surface area contributed by atoms with Gasteiger partial charge in [-0.25, -0.2) is 9.97 Å². The first kappa shape index (κ1) is 21.1. The van der Waals surface area contributed by atoms with Gasteiger partial charge in [-0.15, -0.1) is 0 Å². The van der Waals surface area contributed by atoms with Crippen LogP contribution < -0.4 is 15.5 Å². The van der Waals surface area contributed by atoms with Crippen LogP contribution in [0.15, 0.2) is 48.8 Å². The minimum Gasteiger partial charge on any atom is -0.341 e. The fourth-order valence-corrected chi connectivity index (χ4v) is 3.99. The van der Waals surface area contributed by atoms with Gasteiger partial charge in [-0.2, -0.15) is 4.98 Å². The SMILES string of the molecule is CC(=O)Nc1cccc(Nc2ncnc(N3CCC(c4ccc(Cl)cc4)CC3)n2)c1C. The van der Waals surface area contributed by atoms with E-state index in [-0.39, 0.29) is 5.91 Å². The summed E-state index contributed by atoms with van der Waals surface area (Å²) >= 11 is 6.01. The Kier molecular flexibility index (Phi) is 6.32. The molecule has 2 N–H and O–H groups in total. The number of hydrogen-bond acceptors (Lipinski definition) is 6. The second-order valence-corrected chi connectivity index (χ2v) is 8.14. The summed E-state index contributed by atoms with van der Waals surface area (Å²) in [6.45, 7) is 5.20. The number of hydrogen-bond donors (Lipinski definition) is 2. The molecule has 4 rings (SSSR count). The highest BCUT2D eigenvalue weighted by Gasteiger charge is 2.22. The summed E-state index contributed by atoms with van der Waals surface area (Å²) in [6.07, 6.45) is 3.60. The summed E-state index contributed by atoms with van der Waals surface area (Å²) in [5.74, 6) is 1.56. The van der Waals surface area contributed by atoms with Crippen molar-refractivity contribution in [2.24, 2.45) is 0 Å². The molecule has 8 heteroatoms. The van der Waals surface area contributed by atoms with Crippen LogP contribution in [0.3, 0.4) is 0 Å². The number of benzene rings is 2. The van der Waals surface area contributed by atoms with Gasteiger partial charge in [0, 0.05) is 36.4 Å². The van der Waals surface area contributed by atoms with Crippen LogP contribution in [-0.2, 0) is 4.79 Å². The molecule has 0 unspecified atom stereocenters. The number of halogens is 1. The fourth-order valence-electron chi connectivity index (χ4n) is 3.86. The third-order valence-electron chi connectivity index (χ3n) is 5.57. The van der Waals surface area contributed by atoms with Gasteiger partial charge in [0.1, 0.15) is 6.33 Å². The van der Waals surface area contributed by atoms with Crippen LogP contribution in [0.4, 0.5) is 23.3 Å². The van der Waals surface area contributed by atoms with Crippen LogP contribution >= 0.6 is 11.6 Å². The van der Waals surface area contributed by atoms with Crippen LogP contribution in [0, 0.1) is 6.92 Å². The van der Waals surface area contributed by atoms with E-state index in [0.717, 1.165) is 47.9 Å². The van der Waals surface area contributed by atoms with Crippen molar-refractivity contribution in [3.05, 3.63) is 64.9 Å². The number of nitrogens with zero attached hydrogens (tertiary/aromatic N) is 4. The summed E-state index contributed by atoms with van der Waals surface area (Å²) in [7, 11) is 0. The molecule has 1 amide bonds. The van der Waals surface area contributed by atoms with Gasteiger partial charge < -0.3 is 15.5 Å². The Balaban J connectivity index is 1.44. The van der Waals surface area contributed by atoms with E-state index in [1.165, 1.54) is 18.8 Å². The molecule has 2 heterocycles. The minimum absolute atomic E-state index is 0.107. The molecule has 0 saturated carbocycles. The lowest BCUT2D eigenvalue weighted by Gasteiger charge is -2.32. The van der Waals surface area contributed by atoms with Crippen molar-refractivity contribution in [1.82, 2.24) is 15.0 Å². The molecule has 0 bridgehead atoms. The molecule has 31 heavy (non-hydrogen) atoms. The Morgan fingerprint density at radius 1 is 1.06 bits per heavy atom. The molecule has 0 spiro atoms. The Labute approximate surface area is 186 Å². The number of nitrogens with one attached hydrogen (secondary N) is 2. The summed E-state index contributed by atoms with van der Waals surface area (Å²) in [4.78, 5) is 26.9. The predicted molar refractivity (Wildman–Crippen MR) is 124 cm³/mol. The summed E-state index contributed by atoms with van der Waals surface area (Å²) in [5, 5.41) is 6.86. The highest BCUT2D eigenvalue weighted by Crippen LogP contribution is 2.30. The van der Waals surface area contributed by atoms with E-state index in [0.29, 0.717) is 17.8 Å². The van der Waals surface area contributed by atoms with E-state index in [1.54, 1.807) is 0 Å². The van der Waals surface area contributed by atoms with Crippen molar-refractivity contribution < 1.29 is 4.79 Å². The first-order valence-corrected chi connectivity index (χ1v) is 10.7. The maximum Gasteiger partial charge on any atom is 0.232 e. The number of anilines is 4. The number of carbonyl (C=O) groups excluding carboxylic acids is 1. The maximum absolute atomic E-state index is 11.4. The Morgan fingerprint density at radius 2 is 1.77 bits per heavy atom. The van der Waals surface area contributed by atoms with Crippen LogP contribution in [0.1, 0.15) is 36.8 Å². The molecule has 7 nitrogen and oxygen atoms in total. The van der Waals surface area contributed by atoms with Crippen LogP contribution in [0.25, 0.3) is 0 Å². The summed E-state index contributed by atoms with van der Waals surface area (Å²) < 4.78 is 0. The molecule has 1 aliphatic heterocycles.